The van der Waals surface area contributed by atoms with E-state index in [0.29, 0.717) is 24.2 Å². The van der Waals surface area contributed by atoms with Crippen molar-refractivity contribution in [2.24, 2.45) is 0 Å². The smallest absolute Gasteiger partial charge is 0.415 e. The molecule has 1 fully saturated rings. The maximum absolute atomic E-state index is 14.9. The van der Waals surface area contributed by atoms with E-state index >= 15 is 0 Å². The van der Waals surface area contributed by atoms with Crippen LogP contribution >= 0.6 is 0 Å². The maximum Gasteiger partial charge on any atom is 0.415 e. The summed E-state index contributed by atoms with van der Waals surface area (Å²) in [5, 5.41) is 12.5. The molecule has 9 heteroatoms. The third kappa shape index (κ3) is 5.03. The first-order valence-corrected chi connectivity index (χ1v) is 10.0. The highest BCUT2D eigenvalue weighted by Gasteiger charge is 2.40. The van der Waals surface area contributed by atoms with Crippen molar-refractivity contribution in [2.75, 3.05) is 11.4 Å². The van der Waals surface area contributed by atoms with Crippen molar-refractivity contribution in [1.29, 1.82) is 0 Å². The van der Waals surface area contributed by atoms with Gasteiger partial charge >= 0.3 is 6.09 Å². The van der Waals surface area contributed by atoms with Crippen molar-refractivity contribution in [3.05, 3.63) is 65.7 Å². The molecule has 1 aromatic heterocycles. The van der Waals surface area contributed by atoms with Crippen LogP contribution in [0.5, 0.6) is 0 Å². The van der Waals surface area contributed by atoms with Crippen LogP contribution in [0.25, 0.3) is 11.1 Å². The van der Waals surface area contributed by atoms with Gasteiger partial charge in [-0.15, -0.1) is 0 Å². The summed E-state index contributed by atoms with van der Waals surface area (Å²) < 4.78 is 20.3. The molecule has 1 aliphatic rings. The van der Waals surface area contributed by atoms with E-state index in [0.717, 1.165) is 29.9 Å². The molecular formula is C22H25ClFN5O2. The third-order valence-electron chi connectivity index (χ3n) is 5.52. The molecule has 2 aromatic carbocycles. The molecule has 0 radical (unpaired) electrons. The fourth-order valence-corrected chi connectivity index (χ4v) is 3.51. The van der Waals surface area contributed by atoms with Crippen molar-refractivity contribution in [3.63, 3.8) is 0 Å². The van der Waals surface area contributed by atoms with Crippen LogP contribution in [-0.2, 0) is 17.8 Å². The summed E-state index contributed by atoms with van der Waals surface area (Å²) in [7, 11) is 0. The topological polar surface area (TPSA) is 87.7 Å². The van der Waals surface area contributed by atoms with Crippen LogP contribution in [0.1, 0.15) is 31.5 Å². The van der Waals surface area contributed by atoms with Crippen molar-refractivity contribution in [3.8, 4) is 11.1 Å². The number of quaternary nitrogens is 1. The molecule has 0 bridgehead atoms. The van der Waals surface area contributed by atoms with Gasteiger partial charge in [0.1, 0.15) is 30.2 Å². The molecule has 0 saturated carbocycles. The number of aromatic amines is 1. The quantitative estimate of drug-likeness (QED) is 0.536. The van der Waals surface area contributed by atoms with Crippen molar-refractivity contribution < 1.29 is 31.6 Å². The summed E-state index contributed by atoms with van der Waals surface area (Å²) in [6, 6.07) is 12.7. The largest absolute Gasteiger partial charge is 1.00 e. The number of cyclic esters (lactones) is 1. The highest BCUT2D eigenvalue weighted by atomic mass is 35.5. The standard InChI is InChI=1S/C22H24FN5O2.ClH/c1-3-22(2)14-28(21(29)30-22)18-8-9-19(20(23)10-18)16-6-4-15(5-7-16)11-24-12-17-13-25-27-26-17;/h4-10,13,24H,3,11-12,14H2,1-2H3,(H,25,26,27);1H/t22-;/m0./s1. The first kappa shape index (κ1) is 22.7. The zero-order valence-electron chi connectivity index (χ0n) is 17.4. The Labute approximate surface area is 186 Å². The van der Waals surface area contributed by atoms with Crippen LogP contribution in [-0.4, -0.2) is 33.6 Å². The normalized spacial score (nSPS) is 18.0. The molecule has 1 atom stereocenters. The van der Waals surface area contributed by atoms with Crippen LogP contribution in [0.4, 0.5) is 14.9 Å². The van der Waals surface area contributed by atoms with Gasteiger partial charge in [-0.25, -0.2) is 9.18 Å². The second-order valence-electron chi connectivity index (χ2n) is 7.78. The number of ether oxygens (including phenoxy) is 1. The first-order chi connectivity index (χ1) is 14.5. The molecule has 3 N–H and O–H groups in total. The molecule has 1 amide bonds. The van der Waals surface area contributed by atoms with Gasteiger partial charge in [-0.05, 0) is 37.1 Å². The number of aromatic nitrogens is 3. The van der Waals surface area contributed by atoms with E-state index in [-0.39, 0.29) is 18.2 Å². The first-order valence-electron chi connectivity index (χ1n) is 10.0. The SMILES string of the molecule is CC[C@@]1(C)CN(c2ccc(-c3ccc(C[NH2+]Cc4cn[nH]n4)cc3)c(F)c2)C(=O)O1.[Cl-]. The number of carbonyl (C=O) groups is 1. The average molecular weight is 446 g/mol. The number of nitrogens with two attached hydrogens (primary N) is 1. The Bertz CT molecular complexity index is 1030. The monoisotopic (exact) mass is 445 g/mol. The van der Waals surface area contributed by atoms with Crippen LogP contribution in [0.2, 0.25) is 0 Å². The predicted octanol–water partition coefficient (Wildman–Crippen LogP) is 0.00370. The molecule has 7 nitrogen and oxygen atoms in total. The van der Waals surface area contributed by atoms with Gasteiger partial charge in [-0.1, -0.05) is 31.2 Å². The van der Waals surface area contributed by atoms with Crippen molar-refractivity contribution in [1.82, 2.24) is 15.4 Å². The Kier molecular flexibility index (Phi) is 6.92. The number of hydrogen-bond acceptors (Lipinski definition) is 4. The number of H-pyrrole nitrogens is 1. The van der Waals surface area contributed by atoms with Gasteiger partial charge in [0.2, 0.25) is 0 Å². The third-order valence-corrected chi connectivity index (χ3v) is 5.52. The molecule has 0 unspecified atom stereocenters. The number of nitrogens with zero attached hydrogens (tertiary/aromatic N) is 3. The Balaban J connectivity index is 0.00000272. The number of carbonyl (C=O) groups excluding carboxylic acids is 1. The van der Waals surface area contributed by atoms with E-state index in [9.17, 15) is 9.18 Å². The lowest BCUT2D eigenvalue weighted by molar-refractivity contribution is -0.686. The molecule has 1 saturated heterocycles. The molecule has 0 aliphatic carbocycles. The van der Waals surface area contributed by atoms with Gasteiger partial charge in [0.15, 0.2) is 0 Å². The van der Waals surface area contributed by atoms with Gasteiger partial charge < -0.3 is 22.5 Å². The molecule has 3 aromatic rings. The van der Waals surface area contributed by atoms with Gasteiger partial charge in [-0.3, -0.25) is 4.90 Å². The van der Waals surface area contributed by atoms with E-state index < -0.39 is 11.7 Å². The molecule has 4 rings (SSSR count). The Hall–Kier alpha value is -2.97. The Morgan fingerprint density at radius 1 is 1.23 bits per heavy atom. The van der Waals surface area contributed by atoms with Gasteiger partial charge in [0.05, 0.1) is 18.4 Å². The fraction of sp³-hybridized carbons (Fsp3) is 0.318. The highest BCUT2D eigenvalue weighted by molar-refractivity contribution is 5.90. The second kappa shape index (κ2) is 9.45. The number of rotatable bonds is 7. The van der Waals surface area contributed by atoms with Crippen molar-refractivity contribution >= 4 is 11.8 Å². The van der Waals surface area contributed by atoms with E-state index in [2.05, 4.69) is 20.7 Å². The number of halogens is 2. The number of amides is 1. The Morgan fingerprint density at radius 3 is 2.61 bits per heavy atom. The summed E-state index contributed by atoms with van der Waals surface area (Å²) in [6.07, 6.45) is 1.98. The summed E-state index contributed by atoms with van der Waals surface area (Å²) in [6.45, 7) is 5.81. The van der Waals surface area contributed by atoms with Gasteiger partial charge in [0.25, 0.3) is 0 Å². The lowest BCUT2D eigenvalue weighted by atomic mass is 10.0. The lowest BCUT2D eigenvalue weighted by Crippen LogP contribution is -3.00. The van der Waals surface area contributed by atoms with Crippen molar-refractivity contribution in [2.45, 2.75) is 39.0 Å². The summed E-state index contributed by atoms with van der Waals surface area (Å²) in [5.74, 6) is -0.365. The van der Waals surface area contributed by atoms with Crippen LogP contribution in [0.15, 0.2) is 48.7 Å². The number of benzene rings is 2. The predicted molar refractivity (Wildman–Crippen MR) is 110 cm³/mol. The summed E-state index contributed by atoms with van der Waals surface area (Å²) >= 11 is 0. The molecular weight excluding hydrogens is 421 g/mol. The van der Waals surface area contributed by atoms with Gasteiger partial charge in [0, 0.05) is 11.1 Å². The van der Waals surface area contributed by atoms with E-state index in [1.54, 1.807) is 18.3 Å². The van der Waals surface area contributed by atoms with Crippen LogP contribution in [0.3, 0.4) is 0 Å². The van der Waals surface area contributed by atoms with E-state index in [1.807, 2.05) is 38.1 Å². The number of hydrogen-bond donors (Lipinski definition) is 2. The average Bonchev–Trinajstić information content (AvgIpc) is 3.36. The highest BCUT2D eigenvalue weighted by Crippen LogP contribution is 2.33. The molecule has 2 heterocycles. The zero-order valence-corrected chi connectivity index (χ0v) is 18.2. The Morgan fingerprint density at radius 2 is 2.00 bits per heavy atom. The minimum absolute atomic E-state index is 0. The van der Waals surface area contributed by atoms with E-state index in [4.69, 9.17) is 4.74 Å². The second-order valence-corrected chi connectivity index (χ2v) is 7.78. The summed E-state index contributed by atoms with van der Waals surface area (Å²) in [4.78, 5) is 13.7. The minimum atomic E-state index is -0.535. The molecule has 31 heavy (non-hydrogen) atoms. The number of nitrogens with one attached hydrogen (secondary N) is 1. The van der Waals surface area contributed by atoms with Crippen LogP contribution < -0.4 is 22.6 Å². The van der Waals surface area contributed by atoms with Gasteiger partial charge in [-0.2, -0.15) is 15.4 Å². The molecule has 0 spiro atoms. The van der Waals surface area contributed by atoms with Crippen LogP contribution in [0, 0.1) is 5.82 Å². The molecule has 1 aliphatic heterocycles. The number of anilines is 1. The summed E-state index contributed by atoms with van der Waals surface area (Å²) in [5.41, 5.74) is 3.31. The fourth-order valence-electron chi connectivity index (χ4n) is 3.51. The molecule has 164 valence electrons. The lowest BCUT2D eigenvalue weighted by Gasteiger charge is -2.19. The zero-order chi connectivity index (χ0) is 21.1. The maximum atomic E-state index is 14.9. The minimum Gasteiger partial charge on any atom is -1.00 e. The van der Waals surface area contributed by atoms with E-state index in [1.165, 1.54) is 11.0 Å².